The van der Waals surface area contributed by atoms with Crippen LogP contribution in [0.1, 0.15) is 20.3 Å². The Balaban J connectivity index is 1.69. The molecule has 2 fully saturated rings. The van der Waals surface area contributed by atoms with Gasteiger partial charge in [0.1, 0.15) is 5.70 Å². The number of hydrogen-bond acceptors (Lipinski definition) is 7. The van der Waals surface area contributed by atoms with E-state index in [0.717, 1.165) is 29.4 Å². The molecule has 3 aliphatic heterocycles. The molecule has 9 heteroatoms. The van der Waals surface area contributed by atoms with Gasteiger partial charge in [0.15, 0.2) is 0 Å². The third-order valence-corrected chi connectivity index (χ3v) is 7.96. The summed E-state index contributed by atoms with van der Waals surface area (Å²) in [5.74, 6) is -0.295. The highest BCUT2D eigenvalue weighted by Gasteiger charge is 2.60. The second-order valence-corrected chi connectivity index (χ2v) is 9.64. The van der Waals surface area contributed by atoms with E-state index in [9.17, 15) is 19.8 Å². The van der Waals surface area contributed by atoms with E-state index in [4.69, 9.17) is 5.11 Å². The van der Waals surface area contributed by atoms with Gasteiger partial charge in [0.2, 0.25) is 5.91 Å². The standard InChI is InChI=1S/C17H26N2O5S2/c1-8-13-12(9(2)21)16(22)19(13)14(17(23)24)15(8)26-11-5-10(18-6-11)7-25-4-3-20/h8-13,18,20-21H,3-7H2,1-2H3,(H,23,24)/t8-,9-,10+,11+,12-,13?/m1/s1. The lowest BCUT2D eigenvalue weighted by molar-refractivity contribution is -0.163. The average molecular weight is 403 g/mol. The number of rotatable bonds is 8. The van der Waals surface area contributed by atoms with Crippen LogP contribution in [0.25, 0.3) is 0 Å². The molecule has 3 aliphatic rings. The van der Waals surface area contributed by atoms with Crippen LogP contribution < -0.4 is 5.32 Å². The lowest BCUT2D eigenvalue weighted by atomic mass is 9.79. The van der Waals surface area contributed by atoms with Crippen molar-refractivity contribution < 1.29 is 24.9 Å². The molecule has 7 nitrogen and oxygen atoms in total. The molecule has 0 aromatic carbocycles. The lowest BCUT2D eigenvalue weighted by Crippen LogP contribution is -2.63. The molecule has 0 saturated carbocycles. The molecule has 1 amide bonds. The quantitative estimate of drug-likeness (QED) is 0.340. The SMILES string of the molecule is C[C@H]1C(S[C@@H]2CN[C@H](CSCCO)C2)=C(C(=O)O)N2C(=O)[C@H]([C@@H](C)O)C12. The van der Waals surface area contributed by atoms with Gasteiger partial charge in [-0.05, 0) is 13.3 Å². The Hall–Kier alpha value is -0.740. The van der Waals surface area contributed by atoms with E-state index >= 15 is 0 Å². The van der Waals surface area contributed by atoms with Gasteiger partial charge >= 0.3 is 5.97 Å². The average Bonchev–Trinajstić information content (AvgIpc) is 3.10. The van der Waals surface area contributed by atoms with Gasteiger partial charge in [0.05, 0.1) is 24.7 Å². The largest absolute Gasteiger partial charge is 0.477 e. The van der Waals surface area contributed by atoms with Crippen molar-refractivity contribution in [2.24, 2.45) is 11.8 Å². The van der Waals surface area contributed by atoms with Crippen LogP contribution in [0.5, 0.6) is 0 Å². The van der Waals surface area contributed by atoms with Crippen molar-refractivity contribution in [3.05, 3.63) is 10.6 Å². The number of carboxylic acid groups (broad SMARTS) is 1. The zero-order chi connectivity index (χ0) is 19.0. The van der Waals surface area contributed by atoms with Gasteiger partial charge in [-0.1, -0.05) is 6.92 Å². The van der Waals surface area contributed by atoms with Gasteiger partial charge in [-0.3, -0.25) is 4.79 Å². The molecule has 1 unspecified atom stereocenters. The molecular weight excluding hydrogens is 376 g/mol. The molecule has 0 bridgehead atoms. The summed E-state index contributed by atoms with van der Waals surface area (Å²) in [7, 11) is 0. The molecular formula is C17H26N2O5S2. The van der Waals surface area contributed by atoms with Crippen LogP contribution in [-0.2, 0) is 9.59 Å². The summed E-state index contributed by atoms with van der Waals surface area (Å²) in [6.45, 7) is 4.52. The Morgan fingerprint density at radius 2 is 2.19 bits per heavy atom. The number of thioether (sulfide) groups is 2. The summed E-state index contributed by atoms with van der Waals surface area (Å²) in [5.41, 5.74) is 0.104. The van der Waals surface area contributed by atoms with Crippen LogP contribution >= 0.6 is 23.5 Å². The number of nitrogens with one attached hydrogen (secondary N) is 1. The van der Waals surface area contributed by atoms with Crippen LogP contribution in [0.2, 0.25) is 0 Å². The fraction of sp³-hybridized carbons (Fsp3) is 0.765. The molecule has 146 valence electrons. The molecule has 0 spiro atoms. The number of aliphatic hydroxyl groups is 2. The Bertz CT molecular complexity index is 612. The number of aliphatic hydroxyl groups excluding tert-OH is 2. The maximum absolute atomic E-state index is 12.4. The van der Waals surface area contributed by atoms with Crippen molar-refractivity contribution in [2.75, 3.05) is 24.7 Å². The molecule has 4 N–H and O–H groups in total. The fourth-order valence-corrected chi connectivity index (χ4v) is 6.50. The number of hydrogen-bond donors (Lipinski definition) is 4. The van der Waals surface area contributed by atoms with E-state index in [1.807, 2.05) is 6.92 Å². The van der Waals surface area contributed by atoms with Crippen LogP contribution in [0.4, 0.5) is 0 Å². The van der Waals surface area contributed by atoms with E-state index in [2.05, 4.69) is 5.32 Å². The van der Waals surface area contributed by atoms with E-state index in [1.165, 1.54) is 4.90 Å². The molecule has 0 aromatic rings. The normalized spacial score (nSPS) is 34.8. The van der Waals surface area contributed by atoms with E-state index in [0.29, 0.717) is 6.04 Å². The van der Waals surface area contributed by atoms with Gasteiger partial charge < -0.3 is 25.5 Å². The zero-order valence-electron chi connectivity index (χ0n) is 14.9. The van der Waals surface area contributed by atoms with Crippen LogP contribution in [0.3, 0.4) is 0 Å². The van der Waals surface area contributed by atoms with E-state index < -0.39 is 18.0 Å². The number of amides is 1. The first kappa shape index (κ1) is 20.0. The number of carboxylic acids is 1. The van der Waals surface area contributed by atoms with Gasteiger partial charge in [-0.15, -0.1) is 11.8 Å². The summed E-state index contributed by atoms with van der Waals surface area (Å²) < 4.78 is 0. The number of carbonyl (C=O) groups excluding carboxylic acids is 1. The summed E-state index contributed by atoms with van der Waals surface area (Å²) in [6, 6.07) is 0.111. The Kier molecular flexibility index (Phi) is 6.23. The summed E-state index contributed by atoms with van der Waals surface area (Å²) in [6.07, 6.45) is 0.164. The molecule has 3 rings (SSSR count). The van der Waals surface area contributed by atoms with E-state index in [-0.39, 0.29) is 35.4 Å². The predicted molar refractivity (Wildman–Crippen MR) is 102 cm³/mol. The van der Waals surface area contributed by atoms with Crippen molar-refractivity contribution in [1.29, 1.82) is 0 Å². The van der Waals surface area contributed by atoms with Gasteiger partial charge in [0.25, 0.3) is 0 Å². The molecule has 0 aromatic heterocycles. The van der Waals surface area contributed by atoms with Crippen LogP contribution in [0, 0.1) is 11.8 Å². The number of fused-ring (bicyclic) bond motifs is 1. The molecule has 26 heavy (non-hydrogen) atoms. The maximum Gasteiger partial charge on any atom is 0.353 e. The topological polar surface area (TPSA) is 110 Å². The fourth-order valence-electron chi connectivity index (χ4n) is 4.15. The minimum absolute atomic E-state index is 0.0776. The highest BCUT2D eigenvalue weighted by atomic mass is 32.2. The van der Waals surface area contributed by atoms with Gasteiger partial charge in [0, 0.05) is 40.2 Å². The zero-order valence-corrected chi connectivity index (χ0v) is 16.6. The summed E-state index contributed by atoms with van der Waals surface area (Å²) >= 11 is 3.28. The molecule has 2 saturated heterocycles. The van der Waals surface area contributed by atoms with Crippen LogP contribution in [-0.4, -0.2) is 80.2 Å². The first-order valence-corrected chi connectivity index (χ1v) is 11.0. The number of β-lactam (4-membered cyclic amide) rings is 1. The van der Waals surface area contributed by atoms with Crippen molar-refractivity contribution in [3.63, 3.8) is 0 Å². The molecule has 0 aliphatic carbocycles. The Morgan fingerprint density at radius 1 is 1.46 bits per heavy atom. The smallest absolute Gasteiger partial charge is 0.353 e. The summed E-state index contributed by atoms with van der Waals surface area (Å²) in [5, 5.41) is 32.2. The number of nitrogens with zero attached hydrogens (tertiary/aromatic N) is 1. The Labute approximate surface area is 161 Å². The minimum Gasteiger partial charge on any atom is -0.477 e. The predicted octanol–water partition coefficient (Wildman–Crippen LogP) is 0.329. The molecule has 6 atom stereocenters. The lowest BCUT2D eigenvalue weighted by Gasteiger charge is -2.46. The maximum atomic E-state index is 12.4. The third kappa shape index (κ3) is 3.52. The highest BCUT2D eigenvalue weighted by Crippen LogP contribution is 2.51. The first-order chi connectivity index (χ1) is 12.4. The van der Waals surface area contributed by atoms with Crippen molar-refractivity contribution in [3.8, 4) is 0 Å². The van der Waals surface area contributed by atoms with Gasteiger partial charge in [-0.25, -0.2) is 4.79 Å². The summed E-state index contributed by atoms with van der Waals surface area (Å²) in [4.78, 5) is 26.3. The highest BCUT2D eigenvalue weighted by molar-refractivity contribution is 8.03. The van der Waals surface area contributed by atoms with Crippen LogP contribution in [0.15, 0.2) is 10.6 Å². The Morgan fingerprint density at radius 3 is 2.81 bits per heavy atom. The van der Waals surface area contributed by atoms with E-state index in [1.54, 1.807) is 30.4 Å². The molecule has 0 radical (unpaired) electrons. The number of carbonyl (C=O) groups is 2. The second-order valence-electron chi connectivity index (χ2n) is 7.15. The van der Waals surface area contributed by atoms with Crippen molar-refractivity contribution in [2.45, 2.75) is 43.7 Å². The first-order valence-electron chi connectivity index (χ1n) is 8.94. The monoisotopic (exact) mass is 402 g/mol. The minimum atomic E-state index is -1.07. The van der Waals surface area contributed by atoms with Gasteiger partial charge in [-0.2, -0.15) is 11.8 Å². The number of aliphatic carboxylic acids is 1. The van der Waals surface area contributed by atoms with Crippen molar-refractivity contribution >= 4 is 35.4 Å². The molecule has 3 heterocycles. The third-order valence-electron chi connectivity index (χ3n) is 5.34. The second kappa shape index (κ2) is 8.10. The van der Waals surface area contributed by atoms with Crippen molar-refractivity contribution in [1.82, 2.24) is 10.2 Å².